The molecule has 30 atom stereocenters. The van der Waals surface area contributed by atoms with Crippen LogP contribution in [0, 0.1) is 0 Å². The van der Waals surface area contributed by atoms with Gasteiger partial charge < -0.3 is 163 Å². The molecule has 82 heavy (non-hydrogen) atoms. The molecule has 21 N–H and O–H groups in total. The topological polar surface area (TPSA) is 606 Å². The Morgan fingerprint density at radius 1 is 0.427 bits per heavy atom. The van der Waals surface area contributed by atoms with Gasteiger partial charge in [-0.05, 0) is 0 Å². The highest BCUT2D eigenvalue weighted by atomic mass is 31.2. The van der Waals surface area contributed by atoms with Gasteiger partial charge in [0.05, 0.1) is 39.6 Å². The second kappa shape index (κ2) is 30.7. The highest BCUT2D eigenvalue weighted by molar-refractivity contribution is 7.46. The Labute approximate surface area is 462 Å². The zero-order chi connectivity index (χ0) is 60.7. The van der Waals surface area contributed by atoms with Crippen LogP contribution >= 0.6 is 7.82 Å². The van der Waals surface area contributed by atoms with Gasteiger partial charge in [0.2, 0.25) is 5.91 Å². The molecular formula is C42H72NO38P. The van der Waals surface area contributed by atoms with E-state index >= 15 is 0 Å². The lowest BCUT2D eigenvalue weighted by atomic mass is 9.96. The third kappa shape index (κ3) is 16.8. The average Bonchev–Trinajstić information content (AvgIpc) is 3.44. The second-order valence-electron chi connectivity index (χ2n) is 19.6. The molecule has 6 saturated heterocycles. The van der Waals surface area contributed by atoms with Crippen LogP contribution in [-0.4, -0.2) is 364 Å². The number of rotatable bonds is 26. The number of phosphoric ester groups is 1. The summed E-state index contributed by atoms with van der Waals surface area (Å²) in [4.78, 5) is 47.1. The van der Waals surface area contributed by atoms with Crippen molar-refractivity contribution in [1.29, 1.82) is 0 Å². The van der Waals surface area contributed by atoms with Crippen LogP contribution in [0.3, 0.4) is 0 Å². The number of methoxy groups -OCH3 is 1. The number of phosphoric acid groups is 1. The van der Waals surface area contributed by atoms with Crippen molar-refractivity contribution in [2.45, 2.75) is 184 Å². The predicted molar refractivity (Wildman–Crippen MR) is 245 cm³/mol. The van der Waals surface area contributed by atoms with Crippen molar-refractivity contribution in [2.24, 2.45) is 0 Å². The summed E-state index contributed by atoms with van der Waals surface area (Å²) in [5, 5.41) is 195. The van der Waals surface area contributed by atoms with Crippen LogP contribution in [0.1, 0.15) is 0 Å². The fourth-order valence-electron chi connectivity index (χ4n) is 9.22. The van der Waals surface area contributed by atoms with Crippen LogP contribution in [-0.2, 0) is 85.1 Å². The molecule has 0 aromatic carbocycles. The minimum atomic E-state index is -5.23. The number of Topliss-reactive ketones (excluding diaryl/α,β-unsaturated/α-hetero) is 1. The van der Waals surface area contributed by atoms with Gasteiger partial charge in [-0.2, -0.15) is 0 Å². The molecule has 0 bridgehead atoms. The molecule has 6 heterocycles. The number of aliphatic hydroxyl groups is 17. The lowest BCUT2D eigenvalue weighted by Gasteiger charge is -2.48. The molecule has 0 radical (unpaired) electrons. The number of carbonyl (C=O) groups is 2. The van der Waals surface area contributed by atoms with E-state index in [0.717, 1.165) is 0 Å². The normalized spacial score (nSPS) is 45.9. The van der Waals surface area contributed by atoms with Gasteiger partial charge in [-0.25, -0.2) is 9.45 Å². The van der Waals surface area contributed by atoms with E-state index in [2.05, 4.69) is 14.7 Å². The SMILES string of the molecule is COCC(=O)CNC(=O)CO[C@@H]1OC(CO[C@H]2OC(CO[C@H]3OC(CO)[C@@H](O)[C@H](O)C3O[C@@H]3OC(COO)[C@@H](O)[C@H](O)C3O)[C@@H](O)[C@H](O)C2O)[C@@H](O)[C@H](O[C@H]2OC(CO)[C@@H](O)[C@H](O)C2O[C@H]2OC(COP(=O)(O)O)[C@@H](O)[C@H](O)C2O)C1O. The molecule has 12 unspecified atom stereocenters. The molecule has 1 amide bonds. The second-order valence-corrected chi connectivity index (χ2v) is 20.8. The van der Waals surface area contributed by atoms with E-state index in [1.807, 2.05) is 0 Å². The minimum absolute atomic E-state index is 0.388. The summed E-state index contributed by atoms with van der Waals surface area (Å²) >= 11 is 0. The summed E-state index contributed by atoms with van der Waals surface area (Å²) in [5.74, 6) is -1.56. The lowest BCUT2D eigenvalue weighted by molar-refractivity contribution is -0.391. The van der Waals surface area contributed by atoms with Crippen molar-refractivity contribution in [3.05, 3.63) is 0 Å². The molecule has 6 aliphatic heterocycles. The molecule has 6 aliphatic rings. The van der Waals surface area contributed by atoms with E-state index in [-0.39, 0.29) is 6.61 Å². The summed E-state index contributed by atoms with van der Waals surface area (Å²) in [6.45, 7) is -7.76. The maximum Gasteiger partial charge on any atom is 0.469 e. The maximum absolute atomic E-state index is 12.8. The largest absolute Gasteiger partial charge is 0.469 e. The van der Waals surface area contributed by atoms with Gasteiger partial charge in [0.1, 0.15) is 166 Å². The predicted octanol–water partition coefficient (Wildman–Crippen LogP) is -14.1. The minimum Gasteiger partial charge on any atom is -0.394 e. The van der Waals surface area contributed by atoms with E-state index in [4.69, 9.17) is 66.8 Å². The first kappa shape index (κ1) is 69.1. The lowest BCUT2D eigenvalue weighted by Crippen LogP contribution is -2.67. The Kier molecular flexibility index (Phi) is 25.9. The monoisotopic (exact) mass is 1230 g/mol. The van der Waals surface area contributed by atoms with Crippen molar-refractivity contribution < 1.29 is 187 Å². The zero-order valence-corrected chi connectivity index (χ0v) is 43.8. The highest BCUT2D eigenvalue weighted by Gasteiger charge is 2.56. The Morgan fingerprint density at radius 3 is 1.30 bits per heavy atom. The number of hydrogen-bond donors (Lipinski definition) is 21. The first-order valence-corrected chi connectivity index (χ1v) is 26.6. The van der Waals surface area contributed by atoms with Crippen LogP contribution in [0.4, 0.5) is 0 Å². The van der Waals surface area contributed by atoms with Gasteiger partial charge in [-0.3, -0.25) is 19.4 Å². The molecule has 0 aromatic rings. The molecule has 0 saturated carbocycles. The summed E-state index contributed by atoms with van der Waals surface area (Å²) < 4.78 is 88.0. The standard InChI is InChI=1S/C42H72NO38P/c1-67-5-11(46)2-43-18(47)10-70-38-33(62)34(79-42-36(29(58)20(49)13(4-45)74-42)81-40-32(61)27(56)23(52)17(78-40)9-72-82(64,65)66)24(53)15(76-38)7-68-37-30(59)25(54)21(50)14(75-37)6-69-41-35(28(57)19(48)12(3-44)73-41)80-39-31(60)26(55)22(51)16(77-39)8-71-63/h12-17,19-42,44-45,48-63H,2-10H2,1H3,(H,43,47)(H2,64,65,66)/t12?,13?,14?,15?,16?,17?,19-,20-,21-,22-,23-,24-,25+,26+,27+,28+,29+,30?,31?,32?,33?,34+,35?,36?,37+,38-,39+,40-,41+,42-/m1/s1. The van der Waals surface area contributed by atoms with Crippen LogP contribution in [0.5, 0.6) is 0 Å². The molecule has 478 valence electrons. The van der Waals surface area contributed by atoms with E-state index in [1.54, 1.807) is 0 Å². The van der Waals surface area contributed by atoms with Gasteiger partial charge in [-0.1, -0.05) is 0 Å². The Morgan fingerprint density at radius 2 is 0.817 bits per heavy atom. The smallest absolute Gasteiger partial charge is 0.394 e. The van der Waals surface area contributed by atoms with E-state index < -0.39 is 257 Å². The summed E-state index contributed by atoms with van der Waals surface area (Å²) in [7, 11) is -4.02. The van der Waals surface area contributed by atoms with Gasteiger partial charge in [0.25, 0.3) is 0 Å². The Hall–Kier alpha value is -2.03. The molecule has 6 rings (SSSR count). The van der Waals surface area contributed by atoms with E-state index in [9.17, 15) is 111 Å². The summed E-state index contributed by atoms with van der Waals surface area (Å²) in [5.41, 5.74) is 0. The number of nitrogens with one attached hydrogen (secondary N) is 1. The third-order valence-electron chi connectivity index (χ3n) is 13.8. The first-order valence-electron chi connectivity index (χ1n) is 25.1. The Balaban J connectivity index is 1.21. The molecule has 0 spiro atoms. The maximum atomic E-state index is 12.8. The number of amides is 1. The van der Waals surface area contributed by atoms with Crippen molar-refractivity contribution in [1.82, 2.24) is 5.32 Å². The fraction of sp³-hybridized carbons (Fsp3) is 0.952. The molecular weight excluding hydrogens is 1160 g/mol. The van der Waals surface area contributed by atoms with Crippen LogP contribution < -0.4 is 5.32 Å². The van der Waals surface area contributed by atoms with Crippen LogP contribution in [0.2, 0.25) is 0 Å². The quantitative estimate of drug-likeness (QED) is 0.0217. The summed E-state index contributed by atoms with van der Waals surface area (Å²) in [6, 6.07) is 0. The number of aliphatic hydroxyl groups excluding tert-OH is 17. The zero-order valence-electron chi connectivity index (χ0n) is 42.9. The average molecular weight is 1230 g/mol. The van der Waals surface area contributed by atoms with Crippen molar-refractivity contribution in [3.8, 4) is 0 Å². The van der Waals surface area contributed by atoms with Gasteiger partial charge in [0.15, 0.2) is 43.5 Å². The fourth-order valence-corrected chi connectivity index (χ4v) is 9.56. The molecule has 0 aromatic heterocycles. The van der Waals surface area contributed by atoms with Gasteiger partial charge in [0, 0.05) is 7.11 Å². The van der Waals surface area contributed by atoms with Crippen LogP contribution in [0.15, 0.2) is 0 Å². The molecule has 0 aliphatic carbocycles. The third-order valence-corrected chi connectivity index (χ3v) is 14.3. The van der Waals surface area contributed by atoms with Crippen LogP contribution in [0.25, 0.3) is 0 Å². The summed E-state index contributed by atoms with van der Waals surface area (Å²) in [6.07, 6.45) is -60.8. The highest BCUT2D eigenvalue weighted by Crippen LogP contribution is 2.39. The number of hydrogen-bond acceptors (Lipinski definition) is 36. The number of carbonyl (C=O) groups excluding carboxylic acids is 2. The van der Waals surface area contributed by atoms with E-state index in [0.29, 0.717) is 0 Å². The van der Waals surface area contributed by atoms with Gasteiger partial charge >= 0.3 is 7.82 Å². The van der Waals surface area contributed by atoms with Crippen molar-refractivity contribution in [3.63, 3.8) is 0 Å². The number of ketones is 1. The molecule has 39 nitrogen and oxygen atoms in total. The van der Waals surface area contributed by atoms with Gasteiger partial charge in [-0.15, -0.1) is 0 Å². The van der Waals surface area contributed by atoms with Crippen molar-refractivity contribution in [2.75, 3.05) is 66.5 Å². The number of ether oxygens (including phenoxy) is 13. The van der Waals surface area contributed by atoms with E-state index in [1.165, 1.54) is 7.11 Å². The molecule has 40 heteroatoms. The Bertz CT molecular complexity index is 2020. The molecule has 6 fully saturated rings. The first-order chi connectivity index (χ1) is 38.7. The van der Waals surface area contributed by atoms with Crippen molar-refractivity contribution >= 4 is 19.5 Å².